The second kappa shape index (κ2) is 11.2. The number of nitrogens with zero attached hydrogens (tertiary/aromatic N) is 1. The van der Waals surface area contributed by atoms with Crippen LogP contribution in [0.3, 0.4) is 0 Å². The van der Waals surface area contributed by atoms with Gasteiger partial charge in [0, 0.05) is 28.7 Å². The van der Waals surface area contributed by atoms with Gasteiger partial charge in [-0.1, -0.05) is 48.8 Å². The van der Waals surface area contributed by atoms with Crippen molar-refractivity contribution in [2.75, 3.05) is 4.90 Å². The summed E-state index contributed by atoms with van der Waals surface area (Å²) in [4.78, 5) is 1.92. The minimum absolute atomic E-state index is 0.0838. The molecule has 1 atom stereocenters. The fourth-order valence-corrected chi connectivity index (χ4v) is 6.24. The first-order valence-corrected chi connectivity index (χ1v) is 13.6. The van der Waals surface area contributed by atoms with Crippen LogP contribution in [0.2, 0.25) is 0 Å². The molecule has 1 unspecified atom stereocenters. The summed E-state index contributed by atoms with van der Waals surface area (Å²) in [7, 11) is 0. The Morgan fingerprint density at radius 1 is 0.682 bits per heavy atom. The summed E-state index contributed by atoms with van der Waals surface area (Å²) in [5.41, 5.74) is -1.83. The first-order valence-electron chi connectivity index (χ1n) is 13.6. The summed E-state index contributed by atoms with van der Waals surface area (Å²) < 4.78 is 147. The molecule has 1 aliphatic heterocycles. The van der Waals surface area contributed by atoms with Gasteiger partial charge >= 0.3 is 0 Å². The number of anilines is 1. The van der Waals surface area contributed by atoms with E-state index in [-0.39, 0.29) is 18.0 Å². The molecule has 1 nitrogen and oxygen atoms in total. The molecule has 12 heteroatoms. The zero-order valence-electron chi connectivity index (χ0n) is 23.8. The third-order valence-corrected chi connectivity index (χ3v) is 8.30. The first kappa shape index (κ1) is 31.5. The van der Waals surface area contributed by atoms with Gasteiger partial charge in [0.25, 0.3) is 6.71 Å². The van der Waals surface area contributed by atoms with Gasteiger partial charge in [0.05, 0.1) is 0 Å². The van der Waals surface area contributed by atoms with Gasteiger partial charge in [-0.15, -0.1) is 0 Å². The van der Waals surface area contributed by atoms with Crippen molar-refractivity contribution in [1.82, 2.24) is 0 Å². The van der Waals surface area contributed by atoms with Gasteiger partial charge in [-0.25, -0.2) is 43.9 Å². The molecule has 0 bridgehead atoms. The van der Waals surface area contributed by atoms with Gasteiger partial charge in [0.2, 0.25) is 0 Å². The summed E-state index contributed by atoms with van der Waals surface area (Å²) >= 11 is 0. The van der Waals surface area contributed by atoms with Gasteiger partial charge in [0.1, 0.15) is 0 Å². The quantitative estimate of drug-likeness (QED) is 0.0985. The molecule has 1 heterocycles. The number of rotatable bonds is 5. The largest absolute Gasteiger partial charge is 0.362 e. The number of fused-ring (bicyclic) bond motifs is 1. The van der Waals surface area contributed by atoms with Crippen molar-refractivity contribution in [2.24, 2.45) is 0 Å². The van der Waals surface area contributed by atoms with Crippen molar-refractivity contribution in [3.05, 3.63) is 117 Å². The Labute approximate surface area is 247 Å². The van der Waals surface area contributed by atoms with Crippen LogP contribution in [-0.4, -0.2) is 12.3 Å². The van der Waals surface area contributed by atoms with E-state index in [9.17, 15) is 26.3 Å². The predicted octanol–water partition coefficient (Wildman–Crippen LogP) is 7.19. The number of benzene rings is 4. The fourth-order valence-electron chi connectivity index (χ4n) is 6.24. The van der Waals surface area contributed by atoms with Gasteiger partial charge in [0.15, 0.2) is 58.2 Å². The zero-order chi connectivity index (χ0) is 32.4. The molecule has 0 saturated carbocycles. The minimum atomic E-state index is -2.63. The van der Waals surface area contributed by atoms with E-state index < -0.39 is 86.8 Å². The summed E-state index contributed by atoms with van der Waals surface area (Å²) in [6, 6.07) is 11.0. The second-order valence-corrected chi connectivity index (χ2v) is 11.7. The van der Waals surface area contributed by atoms with Crippen molar-refractivity contribution in [3.8, 4) is 0 Å². The second-order valence-electron chi connectivity index (χ2n) is 11.7. The minimum Gasteiger partial charge on any atom is -0.362 e. The Bertz CT molecular complexity index is 1680. The summed E-state index contributed by atoms with van der Waals surface area (Å²) in [5.74, 6) is -24.7. The van der Waals surface area contributed by atoms with Crippen molar-refractivity contribution >= 4 is 28.8 Å². The highest BCUT2D eigenvalue weighted by molar-refractivity contribution is 6.96. The van der Waals surface area contributed by atoms with Crippen molar-refractivity contribution in [1.29, 1.82) is 0 Å². The van der Waals surface area contributed by atoms with Crippen LogP contribution >= 0.6 is 0 Å². The van der Waals surface area contributed by atoms with E-state index in [4.69, 9.17) is 0 Å². The molecule has 0 radical (unpaired) electrons. The number of aryl methyl sites for hydroxylation is 1. The maximum Gasteiger partial charge on any atom is 0.257 e. The van der Waals surface area contributed by atoms with E-state index in [1.165, 1.54) is 18.2 Å². The summed E-state index contributed by atoms with van der Waals surface area (Å²) in [5, 5.41) is 0. The Kier molecular flexibility index (Phi) is 8.01. The topological polar surface area (TPSA) is 3.24 Å². The standard InChI is InChI=1S/C32H24BF10N/c1-14-9-10-17-15(2)12-32(3,4)44(19(17)11-14)13-16-7-5-6-8-18(16)33(20-22(34)26(38)30(42)27(39)23(20)35)21-24(36)28(40)31(43)29(41)25(21)37/h5-11,15H,12-13H2,1-4H3. The van der Waals surface area contributed by atoms with Crippen LogP contribution in [0.25, 0.3) is 0 Å². The van der Waals surface area contributed by atoms with Gasteiger partial charge < -0.3 is 4.90 Å². The molecule has 0 saturated heterocycles. The molecule has 4 aromatic carbocycles. The maximum atomic E-state index is 15.3. The Morgan fingerprint density at radius 3 is 1.64 bits per heavy atom. The highest BCUT2D eigenvalue weighted by Gasteiger charge is 2.43. The molecular weight excluding hydrogens is 599 g/mol. The van der Waals surface area contributed by atoms with Crippen molar-refractivity contribution < 1.29 is 43.9 Å². The SMILES string of the molecule is Cc1ccc2c(c1)N(Cc1ccccc1B(c1c(F)c(F)c(F)c(F)c1F)c1c(F)c(F)c(F)c(F)c1F)C(C)(C)CC2C. The normalized spacial score (nSPS) is 15.9. The lowest BCUT2D eigenvalue weighted by Gasteiger charge is -2.48. The third-order valence-electron chi connectivity index (χ3n) is 8.30. The zero-order valence-corrected chi connectivity index (χ0v) is 23.8. The van der Waals surface area contributed by atoms with E-state index in [2.05, 4.69) is 0 Å². The van der Waals surface area contributed by atoms with Gasteiger partial charge in [-0.2, -0.15) is 0 Å². The molecule has 0 aromatic heterocycles. The summed E-state index contributed by atoms with van der Waals surface area (Å²) in [6.07, 6.45) is 0.629. The molecule has 0 fully saturated rings. The average Bonchev–Trinajstić information content (AvgIpc) is 2.98. The van der Waals surface area contributed by atoms with Crippen LogP contribution in [-0.2, 0) is 6.54 Å². The van der Waals surface area contributed by atoms with Crippen LogP contribution in [0.15, 0.2) is 42.5 Å². The van der Waals surface area contributed by atoms with E-state index in [0.29, 0.717) is 6.42 Å². The van der Waals surface area contributed by atoms with Crippen LogP contribution in [0.1, 0.15) is 49.8 Å². The third kappa shape index (κ3) is 4.92. The number of hydrogen-bond donors (Lipinski definition) is 0. The van der Waals surface area contributed by atoms with E-state index in [1.807, 2.05) is 50.8 Å². The van der Waals surface area contributed by atoms with Gasteiger partial charge in [-0.05, 0) is 55.9 Å². The number of hydrogen-bond acceptors (Lipinski definition) is 1. The molecular formula is C32H24BF10N. The molecule has 0 N–H and O–H groups in total. The van der Waals surface area contributed by atoms with E-state index in [0.717, 1.165) is 22.9 Å². The van der Waals surface area contributed by atoms with E-state index in [1.54, 1.807) is 0 Å². The van der Waals surface area contributed by atoms with Crippen molar-refractivity contribution in [3.63, 3.8) is 0 Å². The lowest BCUT2D eigenvalue weighted by Crippen LogP contribution is -2.59. The Hall–Kier alpha value is -3.96. The predicted molar refractivity (Wildman–Crippen MR) is 148 cm³/mol. The fraction of sp³-hybridized carbons (Fsp3) is 0.250. The maximum absolute atomic E-state index is 15.3. The average molecular weight is 623 g/mol. The lowest BCUT2D eigenvalue weighted by molar-refractivity contribution is 0.374. The van der Waals surface area contributed by atoms with Crippen molar-refractivity contribution in [2.45, 2.75) is 52.1 Å². The first-order chi connectivity index (χ1) is 20.6. The van der Waals surface area contributed by atoms with Gasteiger partial charge in [-0.3, -0.25) is 0 Å². The van der Waals surface area contributed by atoms with Crippen LogP contribution in [0, 0.1) is 65.1 Å². The molecule has 4 aromatic rings. The van der Waals surface area contributed by atoms with Crippen LogP contribution in [0.4, 0.5) is 49.6 Å². The van der Waals surface area contributed by atoms with Crippen LogP contribution < -0.4 is 21.3 Å². The van der Waals surface area contributed by atoms with E-state index >= 15 is 17.6 Å². The number of halogens is 10. The Morgan fingerprint density at radius 2 is 1.14 bits per heavy atom. The molecule has 0 aliphatic carbocycles. The highest BCUT2D eigenvalue weighted by Crippen LogP contribution is 2.44. The molecule has 0 spiro atoms. The summed E-state index contributed by atoms with van der Waals surface area (Å²) in [6.45, 7) is 4.98. The monoisotopic (exact) mass is 623 g/mol. The smallest absolute Gasteiger partial charge is 0.257 e. The molecule has 44 heavy (non-hydrogen) atoms. The lowest BCUT2D eigenvalue weighted by atomic mass is 9.35. The molecule has 230 valence electrons. The van der Waals surface area contributed by atoms with Crippen LogP contribution in [0.5, 0.6) is 0 Å². The Balaban J connectivity index is 1.83. The molecule has 5 rings (SSSR count). The molecule has 0 amide bonds. The molecule has 1 aliphatic rings. The highest BCUT2D eigenvalue weighted by atomic mass is 19.2.